The Morgan fingerprint density at radius 3 is 2.00 bits per heavy atom. The Morgan fingerprint density at radius 1 is 0.926 bits per heavy atom. The number of rotatable bonds is 9. The van der Waals surface area contributed by atoms with Gasteiger partial charge in [-0.3, -0.25) is 14.4 Å². The first-order valence-corrected chi connectivity index (χ1v) is 9.04. The molecular formula is C22H25NO4. The summed E-state index contributed by atoms with van der Waals surface area (Å²) >= 11 is 0. The Morgan fingerprint density at radius 2 is 1.48 bits per heavy atom. The molecule has 0 saturated heterocycles. The van der Waals surface area contributed by atoms with Crippen LogP contribution < -0.4 is 5.32 Å². The molecule has 2 rings (SSSR count). The lowest BCUT2D eigenvalue weighted by Crippen LogP contribution is -2.43. The molecule has 0 fully saturated rings. The molecule has 0 saturated carbocycles. The number of hydrogen-bond donors (Lipinski definition) is 2. The molecule has 0 radical (unpaired) electrons. The summed E-state index contributed by atoms with van der Waals surface area (Å²) in [5.41, 5.74) is 1.36. The first-order valence-electron chi connectivity index (χ1n) is 9.04. The van der Waals surface area contributed by atoms with E-state index in [9.17, 15) is 19.5 Å². The summed E-state index contributed by atoms with van der Waals surface area (Å²) in [6.45, 7) is 3.56. The van der Waals surface area contributed by atoms with Crippen LogP contribution in [-0.4, -0.2) is 28.8 Å². The number of hydrogen-bond acceptors (Lipinski definition) is 3. The van der Waals surface area contributed by atoms with E-state index >= 15 is 0 Å². The van der Waals surface area contributed by atoms with Gasteiger partial charge in [-0.15, -0.1) is 0 Å². The van der Waals surface area contributed by atoms with Crippen molar-refractivity contribution in [1.82, 2.24) is 5.32 Å². The van der Waals surface area contributed by atoms with Gasteiger partial charge in [0.05, 0.1) is 12.0 Å². The lowest BCUT2D eigenvalue weighted by molar-refractivity contribution is -0.145. The third-order valence-electron chi connectivity index (χ3n) is 4.56. The van der Waals surface area contributed by atoms with E-state index in [2.05, 4.69) is 5.32 Å². The minimum Gasteiger partial charge on any atom is -0.481 e. The summed E-state index contributed by atoms with van der Waals surface area (Å²) in [6.07, 6.45) is 0.211. The van der Waals surface area contributed by atoms with Crippen LogP contribution in [0.3, 0.4) is 0 Å². The van der Waals surface area contributed by atoms with Crippen molar-refractivity contribution in [3.05, 3.63) is 71.8 Å². The van der Waals surface area contributed by atoms with Gasteiger partial charge in [-0.25, -0.2) is 0 Å². The molecule has 2 aromatic carbocycles. The summed E-state index contributed by atoms with van der Waals surface area (Å²) in [7, 11) is 0. The van der Waals surface area contributed by atoms with Gasteiger partial charge in [-0.2, -0.15) is 0 Å². The quantitative estimate of drug-likeness (QED) is 0.712. The molecule has 2 aromatic rings. The van der Waals surface area contributed by atoms with E-state index in [1.54, 1.807) is 38.1 Å². The average molecular weight is 367 g/mol. The lowest BCUT2D eigenvalue weighted by Gasteiger charge is -2.21. The smallest absolute Gasteiger partial charge is 0.307 e. The molecule has 27 heavy (non-hydrogen) atoms. The van der Waals surface area contributed by atoms with Gasteiger partial charge in [0.2, 0.25) is 0 Å². The number of benzene rings is 2. The van der Waals surface area contributed by atoms with Gasteiger partial charge in [0.1, 0.15) is 0 Å². The molecule has 5 nitrogen and oxygen atoms in total. The largest absolute Gasteiger partial charge is 0.481 e. The maximum absolute atomic E-state index is 12.9. The molecule has 0 aliphatic heterocycles. The van der Waals surface area contributed by atoms with Crippen molar-refractivity contribution >= 4 is 17.7 Å². The number of carboxylic acid groups (broad SMARTS) is 1. The van der Waals surface area contributed by atoms with Crippen LogP contribution in [0.4, 0.5) is 0 Å². The predicted molar refractivity (Wildman–Crippen MR) is 103 cm³/mol. The van der Waals surface area contributed by atoms with Gasteiger partial charge in [-0.05, 0) is 30.0 Å². The van der Waals surface area contributed by atoms with Crippen LogP contribution in [0.15, 0.2) is 60.7 Å². The van der Waals surface area contributed by atoms with Crippen LogP contribution in [0.1, 0.15) is 36.2 Å². The van der Waals surface area contributed by atoms with Crippen molar-refractivity contribution in [3.8, 4) is 0 Å². The Hall–Kier alpha value is -2.95. The van der Waals surface area contributed by atoms with Gasteiger partial charge in [0.25, 0.3) is 5.91 Å². The SMILES string of the molecule is CC(C)C(CC(=O)C(Cc1ccccc1)NC(=O)c1ccccc1)C(=O)O. The van der Waals surface area contributed by atoms with Crippen LogP contribution in [0.2, 0.25) is 0 Å². The minimum atomic E-state index is -0.994. The van der Waals surface area contributed by atoms with Crippen LogP contribution in [0.25, 0.3) is 0 Å². The summed E-state index contributed by atoms with van der Waals surface area (Å²) in [6, 6.07) is 17.3. The van der Waals surface area contributed by atoms with Crippen molar-refractivity contribution in [3.63, 3.8) is 0 Å². The Balaban J connectivity index is 2.19. The zero-order chi connectivity index (χ0) is 19.8. The number of ketones is 1. The van der Waals surface area contributed by atoms with Gasteiger partial charge >= 0.3 is 5.97 Å². The average Bonchev–Trinajstić information content (AvgIpc) is 2.66. The number of carboxylic acids is 1. The normalized spacial score (nSPS) is 13.0. The van der Waals surface area contributed by atoms with Crippen LogP contribution in [0.5, 0.6) is 0 Å². The third-order valence-corrected chi connectivity index (χ3v) is 4.56. The Bertz CT molecular complexity index is 771. The van der Waals surface area contributed by atoms with Gasteiger partial charge in [0.15, 0.2) is 5.78 Å². The molecule has 0 bridgehead atoms. The van der Waals surface area contributed by atoms with Crippen LogP contribution in [0, 0.1) is 11.8 Å². The van der Waals surface area contributed by atoms with Crippen LogP contribution >= 0.6 is 0 Å². The summed E-state index contributed by atoms with van der Waals surface area (Å²) in [5.74, 6) is -2.56. The molecular weight excluding hydrogens is 342 g/mol. The number of carbonyl (C=O) groups is 3. The third kappa shape index (κ3) is 6.06. The molecule has 0 aromatic heterocycles. The van der Waals surface area contributed by atoms with Crippen LogP contribution in [-0.2, 0) is 16.0 Å². The molecule has 0 aliphatic carbocycles. The van der Waals surface area contributed by atoms with E-state index < -0.39 is 17.9 Å². The Kier molecular flexibility index (Phi) is 7.29. The highest BCUT2D eigenvalue weighted by atomic mass is 16.4. The standard InChI is InChI=1S/C22H25NO4/c1-15(2)18(22(26)27)14-20(24)19(13-16-9-5-3-6-10-16)23-21(25)17-11-7-4-8-12-17/h3-12,15,18-19H,13-14H2,1-2H3,(H,23,25)(H,26,27). The second kappa shape index (κ2) is 9.67. The van der Waals surface area contributed by atoms with Crippen molar-refractivity contribution in [2.24, 2.45) is 11.8 Å². The molecule has 0 spiro atoms. The van der Waals surface area contributed by atoms with Crippen molar-refractivity contribution < 1.29 is 19.5 Å². The summed E-state index contributed by atoms with van der Waals surface area (Å²) in [4.78, 5) is 36.8. The zero-order valence-electron chi connectivity index (χ0n) is 15.6. The molecule has 5 heteroatoms. The molecule has 0 heterocycles. The maximum Gasteiger partial charge on any atom is 0.307 e. The van der Waals surface area contributed by atoms with Gasteiger partial charge < -0.3 is 10.4 Å². The molecule has 2 N–H and O–H groups in total. The number of Topliss-reactive ketones (excluding diaryl/α,β-unsaturated/α-hetero) is 1. The lowest BCUT2D eigenvalue weighted by atomic mass is 9.87. The predicted octanol–water partition coefficient (Wildman–Crippen LogP) is 3.34. The van der Waals surface area contributed by atoms with E-state index in [1.165, 1.54) is 0 Å². The second-order valence-corrected chi connectivity index (χ2v) is 6.94. The second-order valence-electron chi connectivity index (χ2n) is 6.94. The number of aliphatic carboxylic acids is 1. The fourth-order valence-corrected chi connectivity index (χ4v) is 2.89. The molecule has 1 amide bonds. The molecule has 0 aliphatic rings. The molecule has 142 valence electrons. The van der Waals surface area contributed by atoms with Gasteiger partial charge in [0, 0.05) is 12.0 Å². The van der Waals surface area contributed by atoms with Gasteiger partial charge in [-0.1, -0.05) is 62.4 Å². The first-order chi connectivity index (χ1) is 12.9. The van der Waals surface area contributed by atoms with Crippen molar-refractivity contribution in [1.29, 1.82) is 0 Å². The monoisotopic (exact) mass is 367 g/mol. The number of carbonyl (C=O) groups excluding carboxylic acids is 2. The highest BCUT2D eigenvalue weighted by Crippen LogP contribution is 2.18. The fourth-order valence-electron chi connectivity index (χ4n) is 2.89. The molecule has 2 unspecified atom stereocenters. The topological polar surface area (TPSA) is 83.5 Å². The fraction of sp³-hybridized carbons (Fsp3) is 0.318. The maximum atomic E-state index is 12.9. The Labute approximate surface area is 159 Å². The van der Waals surface area contributed by atoms with E-state index in [4.69, 9.17) is 0 Å². The number of nitrogens with one attached hydrogen (secondary N) is 1. The van der Waals surface area contributed by atoms with E-state index in [0.717, 1.165) is 5.56 Å². The molecule has 2 atom stereocenters. The number of amides is 1. The zero-order valence-corrected chi connectivity index (χ0v) is 15.6. The first kappa shape index (κ1) is 20.4. The highest BCUT2D eigenvalue weighted by Gasteiger charge is 2.29. The van der Waals surface area contributed by atoms with Crippen molar-refractivity contribution in [2.75, 3.05) is 0 Å². The highest BCUT2D eigenvalue weighted by molar-refractivity contribution is 5.98. The van der Waals surface area contributed by atoms with E-state index in [-0.39, 0.29) is 24.0 Å². The van der Waals surface area contributed by atoms with Crippen molar-refractivity contribution in [2.45, 2.75) is 32.7 Å². The van der Waals surface area contributed by atoms with E-state index in [0.29, 0.717) is 12.0 Å². The summed E-state index contributed by atoms with van der Waals surface area (Å²) in [5, 5.41) is 12.2. The van der Waals surface area contributed by atoms with E-state index in [1.807, 2.05) is 36.4 Å². The summed E-state index contributed by atoms with van der Waals surface area (Å²) < 4.78 is 0. The minimum absolute atomic E-state index is 0.112.